The highest BCUT2D eigenvalue weighted by molar-refractivity contribution is 8.15. The fourth-order valence-electron chi connectivity index (χ4n) is 2.47. The van der Waals surface area contributed by atoms with E-state index in [1.165, 1.54) is 11.1 Å². The molecule has 1 aliphatic carbocycles. The smallest absolute Gasteiger partial charge is 0.147 e. The monoisotopic (exact) mass is 277 g/mol. The lowest BCUT2D eigenvalue weighted by atomic mass is 10.1. The van der Waals surface area contributed by atoms with Gasteiger partial charge in [-0.3, -0.25) is 0 Å². The molecule has 2 heteroatoms. The number of para-hydroxylation sites is 1. The number of aliphatic imine (C=N–C) groups is 1. The zero-order valence-corrected chi connectivity index (χ0v) is 11.9. The fraction of sp³-hybridized carbons (Fsp3) is 0.167. The van der Waals surface area contributed by atoms with Crippen molar-refractivity contribution in [2.24, 2.45) is 4.99 Å². The third-order valence-electron chi connectivity index (χ3n) is 3.40. The Balaban J connectivity index is 1.72. The molecule has 2 aromatic carbocycles. The minimum absolute atomic E-state index is 0.505. The molecule has 0 spiro atoms. The van der Waals surface area contributed by atoms with Crippen molar-refractivity contribution in [1.82, 2.24) is 0 Å². The Morgan fingerprint density at radius 3 is 2.20 bits per heavy atom. The van der Waals surface area contributed by atoms with Gasteiger partial charge in [0.2, 0.25) is 0 Å². The summed E-state index contributed by atoms with van der Waals surface area (Å²) in [7, 11) is 0. The van der Waals surface area contributed by atoms with Crippen molar-refractivity contribution in [2.75, 3.05) is 0 Å². The first-order chi connectivity index (χ1) is 9.85. The SMILES string of the molecule is C#CC(=Nc1ccccc1)SC1Cc2ccccc2C1. The molecule has 0 atom stereocenters. The second kappa shape index (κ2) is 5.98. The number of terminal acetylenes is 1. The molecule has 0 unspecified atom stereocenters. The maximum Gasteiger partial charge on any atom is 0.147 e. The molecule has 0 radical (unpaired) electrons. The van der Waals surface area contributed by atoms with E-state index in [9.17, 15) is 0 Å². The first-order valence-corrected chi connectivity index (χ1v) is 7.57. The zero-order valence-electron chi connectivity index (χ0n) is 11.1. The van der Waals surface area contributed by atoms with Gasteiger partial charge in [0, 0.05) is 5.25 Å². The summed E-state index contributed by atoms with van der Waals surface area (Å²) < 4.78 is 0. The largest absolute Gasteiger partial charge is 0.233 e. The van der Waals surface area contributed by atoms with E-state index < -0.39 is 0 Å². The summed E-state index contributed by atoms with van der Waals surface area (Å²) in [6.45, 7) is 0. The summed E-state index contributed by atoms with van der Waals surface area (Å²) >= 11 is 1.72. The highest BCUT2D eigenvalue weighted by atomic mass is 32.2. The molecular formula is C18H15NS. The number of hydrogen-bond acceptors (Lipinski definition) is 2. The van der Waals surface area contributed by atoms with E-state index in [-0.39, 0.29) is 0 Å². The Labute approximate surface area is 124 Å². The van der Waals surface area contributed by atoms with Gasteiger partial charge in [0.1, 0.15) is 5.04 Å². The summed E-state index contributed by atoms with van der Waals surface area (Å²) in [6.07, 6.45) is 7.76. The van der Waals surface area contributed by atoms with Crippen LogP contribution in [0.3, 0.4) is 0 Å². The standard InChI is InChI=1S/C18H15NS/c1-2-18(19-16-10-4-3-5-11-16)20-17-12-14-8-6-7-9-15(14)13-17/h1,3-11,17H,12-13H2. The summed E-state index contributed by atoms with van der Waals surface area (Å²) in [5, 5.41) is 1.28. The van der Waals surface area contributed by atoms with Gasteiger partial charge in [-0.15, -0.1) is 6.42 Å². The van der Waals surface area contributed by atoms with Crippen molar-refractivity contribution in [3.8, 4) is 12.3 Å². The van der Waals surface area contributed by atoms with Crippen LogP contribution in [0, 0.1) is 12.3 Å². The van der Waals surface area contributed by atoms with Crippen LogP contribution < -0.4 is 0 Å². The van der Waals surface area contributed by atoms with Gasteiger partial charge in [0.25, 0.3) is 0 Å². The van der Waals surface area contributed by atoms with E-state index in [4.69, 9.17) is 6.42 Å². The normalized spacial score (nSPS) is 14.8. The van der Waals surface area contributed by atoms with Crippen LogP contribution in [0.25, 0.3) is 0 Å². The van der Waals surface area contributed by atoms with Crippen molar-refractivity contribution in [3.05, 3.63) is 65.7 Å². The van der Waals surface area contributed by atoms with Gasteiger partial charge in [0.15, 0.2) is 0 Å². The molecule has 0 aliphatic heterocycles. The third-order valence-corrected chi connectivity index (χ3v) is 4.50. The minimum Gasteiger partial charge on any atom is -0.233 e. The average Bonchev–Trinajstić information content (AvgIpc) is 2.90. The molecule has 0 saturated heterocycles. The average molecular weight is 277 g/mol. The molecule has 1 aliphatic rings. The van der Waals surface area contributed by atoms with Crippen LogP contribution in [-0.2, 0) is 12.8 Å². The summed E-state index contributed by atoms with van der Waals surface area (Å²) in [5.74, 6) is 2.72. The molecular weight excluding hydrogens is 262 g/mol. The second-order valence-electron chi connectivity index (χ2n) is 4.81. The maximum absolute atomic E-state index is 5.60. The number of hydrogen-bond donors (Lipinski definition) is 0. The van der Waals surface area contributed by atoms with Crippen LogP contribution in [0.15, 0.2) is 59.6 Å². The maximum atomic E-state index is 5.60. The van der Waals surface area contributed by atoms with E-state index >= 15 is 0 Å². The van der Waals surface area contributed by atoms with Crippen LogP contribution in [0.2, 0.25) is 0 Å². The predicted molar refractivity (Wildman–Crippen MR) is 87.6 cm³/mol. The lowest BCUT2D eigenvalue weighted by molar-refractivity contribution is 0.940. The molecule has 0 bridgehead atoms. The van der Waals surface area contributed by atoms with E-state index in [2.05, 4.69) is 35.2 Å². The first-order valence-electron chi connectivity index (χ1n) is 6.69. The summed E-state index contributed by atoms with van der Waals surface area (Å²) in [5.41, 5.74) is 3.81. The van der Waals surface area contributed by atoms with Gasteiger partial charge in [-0.2, -0.15) is 0 Å². The van der Waals surface area contributed by atoms with Crippen LogP contribution >= 0.6 is 11.8 Å². The second-order valence-corrected chi connectivity index (χ2v) is 6.10. The molecule has 0 amide bonds. The number of benzene rings is 2. The third kappa shape index (κ3) is 2.95. The highest BCUT2D eigenvalue weighted by Crippen LogP contribution is 2.31. The molecule has 1 nitrogen and oxygen atoms in total. The Hall–Kier alpha value is -1.98. The molecule has 0 saturated carbocycles. The minimum atomic E-state index is 0.505. The van der Waals surface area contributed by atoms with Gasteiger partial charge < -0.3 is 0 Å². The van der Waals surface area contributed by atoms with Crippen molar-refractivity contribution >= 4 is 22.5 Å². The van der Waals surface area contributed by atoms with E-state index in [0.717, 1.165) is 23.6 Å². The first kappa shape index (κ1) is 13.0. The highest BCUT2D eigenvalue weighted by Gasteiger charge is 2.22. The van der Waals surface area contributed by atoms with E-state index in [1.807, 2.05) is 30.3 Å². The zero-order chi connectivity index (χ0) is 13.8. The fourth-order valence-corrected chi connectivity index (χ4v) is 3.54. The summed E-state index contributed by atoms with van der Waals surface area (Å²) in [4.78, 5) is 4.55. The van der Waals surface area contributed by atoms with Gasteiger partial charge in [-0.05, 0) is 42.0 Å². The number of nitrogens with zero attached hydrogens (tertiary/aromatic N) is 1. The number of fused-ring (bicyclic) bond motifs is 1. The Kier molecular flexibility index (Phi) is 3.90. The quantitative estimate of drug-likeness (QED) is 0.454. The molecule has 2 aromatic rings. The van der Waals surface area contributed by atoms with Crippen LogP contribution in [0.4, 0.5) is 5.69 Å². The molecule has 98 valence electrons. The van der Waals surface area contributed by atoms with Crippen molar-refractivity contribution in [1.29, 1.82) is 0 Å². The molecule has 0 N–H and O–H groups in total. The molecule has 3 rings (SSSR count). The number of rotatable bonds is 2. The lowest BCUT2D eigenvalue weighted by Gasteiger charge is -2.07. The number of thioether (sulfide) groups is 1. The van der Waals surface area contributed by atoms with Crippen molar-refractivity contribution < 1.29 is 0 Å². The van der Waals surface area contributed by atoms with Crippen LogP contribution in [0.1, 0.15) is 11.1 Å². The van der Waals surface area contributed by atoms with Crippen LogP contribution in [0.5, 0.6) is 0 Å². The van der Waals surface area contributed by atoms with Crippen molar-refractivity contribution in [2.45, 2.75) is 18.1 Å². The Bertz CT molecular complexity index is 642. The Morgan fingerprint density at radius 1 is 1.00 bits per heavy atom. The van der Waals surface area contributed by atoms with E-state index in [0.29, 0.717) is 5.25 Å². The lowest BCUT2D eigenvalue weighted by Crippen LogP contribution is -2.05. The molecule has 20 heavy (non-hydrogen) atoms. The topological polar surface area (TPSA) is 12.4 Å². The molecule has 0 heterocycles. The predicted octanol–water partition coefficient (Wildman–Crippen LogP) is 4.25. The molecule has 0 aromatic heterocycles. The van der Waals surface area contributed by atoms with Crippen LogP contribution in [-0.4, -0.2) is 10.3 Å². The summed E-state index contributed by atoms with van der Waals surface area (Å²) in [6, 6.07) is 18.5. The van der Waals surface area contributed by atoms with Gasteiger partial charge in [-0.1, -0.05) is 54.2 Å². The van der Waals surface area contributed by atoms with Crippen molar-refractivity contribution in [3.63, 3.8) is 0 Å². The molecule has 0 fully saturated rings. The Morgan fingerprint density at radius 2 is 1.60 bits per heavy atom. The van der Waals surface area contributed by atoms with Gasteiger partial charge in [0.05, 0.1) is 5.69 Å². The van der Waals surface area contributed by atoms with Gasteiger partial charge >= 0.3 is 0 Å². The van der Waals surface area contributed by atoms with Gasteiger partial charge in [-0.25, -0.2) is 4.99 Å². The van der Waals surface area contributed by atoms with E-state index in [1.54, 1.807) is 11.8 Å².